The Labute approximate surface area is 143 Å². The lowest BCUT2D eigenvalue weighted by Crippen LogP contribution is -2.35. The normalized spacial score (nSPS) is 11.8. The first kappa shape index (κ1) is 18.2. The van der Waals surface area contributed by atoms with Crippen LogP contribution in [-0.4, -0.2) is 34.9 Å². The summed E-state index contributed by atoms with van der Waals surface area (Å²) in [6.45, 7) is 10.0. The van der Waals surface area contributed by atoms with Gasteiger partial charge in [0.2, 0.25) is 0 Å². The molecule has 0 N–H and O–H groups in total. The van der Waals surface area contributed by atoms with Gasteiger partial charge in [0.1, 0.15) is 12.4 Å². The van der Waals surface area contributed by atoms with E-state index in [1.54, 1.807) is 12.1 Å². The molecule has 0 aliphatic heterocycles. The van der Waals surface area contributed by atoms with Gasteiger partial charge in [-0.2, -0.15) is 5.10 Å². The van der Waals surface area contributed by atoms with Crippen molar-refractivity contribution < 1.29 is 4.74 Å². The zero-order chi connectivity index (χ0) is 17.7. The molecule has 0 unspecified atom stereocenters. The molecule has 0 spiro atoms. The van der Waals surface area contributed by atoms with Crippen molar-refractivity contribution in [2.24, 2.45) is 0 Å². The standard InChI is InChI=1S/C19H27N3O2/c1-15-7-6-8-16(13-15)24-12-11-21(5)14-22-18(23)10-9-17(20-22)19(2,3)4/h6-10,13H,11-12,14H2,1-5H3. The fourth-order valence-corrected chi connectivity index (χ4v) is 2.27. The smallest absolute Gasteiger partial charge is 0.267 e. The summed E-state index contributed by atoms with van der Waals surface area (Å²) >= 11 is 0. The number of hydrogen-bond donors (Lipinski definition) is 0. The van der Waals surface area contributed by atoms with Gasteiger partial charge in [-0.1, -0.05) is 32.9 Å². The molecule has 0 bridgehead atoms. The van der Waals surface area contributed by atoms with Crippen molar-refractivity contribution >= 4 is 0 Å². The highest BCUT2D eigenvalue weighted by Gasteiger charge is 2.16. The number of aromatic nitrogens is 2. The van der Waals surface area contributed by atoms with Crippen molar-refractivity contribution in [3.05, 3.63) is 58.0 Å². The van der Waals surface area contributed by atoms with Crippen LogP contribution >= 0.6 is 0 Å². The molecule has 0 saturated carbocycles. The van der Waals surface area contributed by atoms with Gasteiger partial charge in [0.25, 0.3) is 5.56 Å². The van der Waals surface area contributed by atoms with E-state index >= 15 is 0 Å². The Morgan fingerprint density at radius 1 is 1.21 bits per heavy atom. The van der Waals surface area contributed by atoms with E-state index in [9.17, 15) is 4.79 Å². The average molecular weight is 329 g/mol. The van der Waals surface area contributed by atoms with Gasteiger partial charge < -0.3 is 4.74 Å². The minimum absolute atomic E-state index is 0.0810. The fourth-order valence-electron chi connectivity index (χ4n) is 2.27. The lowest BCUT2D eigenvalue weighted by atomic mass is 9.92. The molecule has 5 nitrogen and oxygen atoms in total. The van der Waals surface area contributed by atoms with Crippen LogP contribution in [0.4, 0.5) is 0 Å². The van der Waals surface area contributed by atoms with Gasteiger partial charge in [0, 0.05) is 18.0 Å². The predicted molar refractivity (Wildman–Crippen MR) is 96.5 cm³/mol. The van der Waals surface area contributed by atoms with Crippen LogP contribution in [0.2, 0.25) is 0 Å². The van der Waals surface area contributed by atoms with Crippen molar-refractivity contribution in [2.75, 3.05) is 20.2 Å². The second-order valence-corrected chi connectivity index (χ2v) is 7.19. The molecule has 5 heteroatoms. The molecule has 0 fully saturated rings. The summed E-state index contributed by atoms with van der Waals surface area (Å²) in [4.78, 5) is 14.0. The van der Waals surface area contributed by atoms with Gasteiger partial charge in [0.05, 0.1) is 12.4 Å². The second-order valence-electron chi connectivity index (χ2n) is 7.19. The minimum Gasteiger partial charge on any atom is -0.492 e. The number of likely N-dealkylation sites (N-methyl/N-ethyl adjacent to an activating group) is 1. The molecule has 1 aromatic carbocycles. The maximum atomic E-state index is 12.0. The van der Waals surface area contributed by atoms with Crippen molar-refractivity contribution in [3.63, 3.8) is 0 Å². The SMILES string of the molecule is Cc1cccc(OCCN(C)Cn2nc(C(C)(C)C)ccc2=O)c1. The highest BCUT2D eigenvalue weighted by Crippen LogP contribution is 2.18. The molecule has 0 radical (unpaired) electrons. The van der Waals surface area contributed by atoms with Crippen LogP contribution in [0.3, 0.4) is 0 Å². The van der Waals surface area contributed by atoms with Gasteiger partial charge in [-0.25, -0.2) is 4.68 Å². The summed E-state index contributed by atoms with van der Waals surface area (Å²) in [5.74, 6) is 0.869. The van der Waals surface area contributed by atoms with Crippen LogP contribution in [0.5, 0.6) is 5.75 Å². The van der Waals surface area contributed by atoms with E-state index in [1.165, 1.54) is 10.2 Å². The summed E-state index contributed by atoms with van der Waals surface area (Å²) in [7, 11) is 1.96. The molecule has 1 aromatic heterocycles. The van der Waals surface area contributed by atoms with Gasteiger partial charge in [0.15, 0.2) is 0 Å². The van der Waals surface area contributed by atoms with E-state index in [4.69, 9.17) is 4.74 Å². The number of benzene rings is 1. The Morgan fingerprint density at radius 3 is 2.62 bits per heavy atom. The number of aryl methyl sites for hydroxylation is 1. The van der Waals surface area contributed by atoms with Crippen LogP contribution in [0.25, 0.3) is 0 Å². The molecule has 1 heterocycles. The topological polar surface area (TPSA) is 47.4 Å². The van der Waals surface area contributed by atoms with Gasteiger partial charge in [-0.05, 0) is 37.7 Å². The van der Waals surface area contributed by atoms with E-state index in [2.05, 4.69) is 25.9 Å². The molecule has 0 amide bonds. The number of nitrogens with zero attached hydrogens (tertiary/aromatic N) is 3. The molecular weight excluding hydrogens is 302 g/mol. The van der Waals surface area contributed by atoms with Crippen LogP contribution in [-0.2, 0) is 12.1 Å². The Hall–Kier alpha value is -2.14. The zero-order valence-electron chi connectivity index (χ0n) is 15.2. The highest BCUT2D eigenvalue weighted by atomic mass is 16.5. The third kappa shape index (κ3) is 5.20. The van der Waals surface area contributed by atoms with E-state index < -0.39 is 0 Å². The first-order chi connectivity index (χ1) is 11.3. The molecule has 24 heavy (non-hydrogen) atoms. The Balaban J connectivity index is 1.92. The van der Waals surface area contributed by atoms with Crippen LogP contribution in [0.15, 0.2) is 41.2 Å². The van der Waals surface area contributed by atoms with E-state index in [-0.39, 0.29) is 11.0 Å². The average Bonchev–Trinajstić information content (AvgIpc) is 2.48. The first-order valence-corrected chi connectivity index (χ1v) is 8.22. The third-order valence-corrected chi connectivity index (χ3v) is 3.74. The minimum atomic E-state index is -0.0885. The lowest BCUT2D eigenvalue weighted by molar-refractivity contribution is 0.194. The predicted octanol–water partition coefficient (Wildman–Crippen LogP) is 2.82. The summed E-state index contributed by atoms with van der Waals surface area (Å²) in [6.07, 6.45) is 0. The largest absolute Gasteiger partial charge is 0.492 e. The summed E-state index contributed by atoms with van der Waals surface area (Å²) in [5.41, 5.74) is 1.92. The van der Waals surface area contributed by atoms with Crippen LogP contribution in [0.1, 0.15) is 32.0 Å². The van der Waals surface area contributed by atoms with Gasteiger partial charge in [-0.15, -0.1) is 0 Å². The molecule has 2 aromatic rings. The summed E-state index contributed by atoms with van der Waals surface area (Å²) in [6, 6.07) is 11.4. The summed E-state index contributed by atoms with van der Waals surface area (Å²) in [5, 5.41) is 4.48. The molecule has 0 aliphatic rings. The van der Waals surface area contributed by atoms with Gasteiger partial charge in [-0.3, -0.25) is 9.69 Å². The van der Waals surface area contributed by atoms with E-state index in [0.29, 0.717) is 19.8 Å². The second kappa shape index (κ2) is 7.62. The number of ether oxygens (including phenoxy) is 1. The van der Waals surface area contributed by atoms with E-state index in [0.717, 1.165) is 11.4 Å². The maximum absolute atomic E-state index is 12.0. The highest BCUT2D eigenvalue weighted by molar-refractivity contribution is 5.27. The van der Waals surface area contributed by atoms with Gasteiger partial charge >= 0.3 is 0 Å². The lowest BCUT2D eigenvalue weighted by Gasteiger charge is -2.21. The Kier molecular flexibility index (Phi) is 5.78. The zero-order valence-corrected chi connectivity index (χ0v) is 15.2. The Morgan fingerprint density at radius 2 is 1.96 bits per heavy atom. The quantitative estimate of drug-likeness (QED) is 0.818. The van der Waals surface area contributed by atoms with Crippen molar-refractivity contribution in [1.82, 2.24) is 14.7 Å². The maximum Gasteiger partial charge on any atom is 0.267 e. The third-order valence-electron chi connectivity index (χ3n) is 3.74. The fraction of sp³-hybridized carbons (Fsp3) is 0.474. The molecular formula is C19H27N3O2. The molecule has 0 saturated heterocycles. The van der Waals surface area contributed by atoms with Crippen molar-refractivity contribution in [3.8, 4) is 5.75 Å². The van der Waals surface area contributed by atoms with Crippen molar-refractivity contribution in [1.29, 1.82) is 0 Å². The monoisotopic (exact) mass is 329 g/mol. The summed E-state index contributed by atoms with van der Waals surface area (Å²) < 4.78 is 7.26. The van der Waals surface area contributed by atoms with Crippen LogP contribution in [0, 0.1) is 6.92 Å². The molecule has 0 aliphatic carbocycles. The molecule has 130 valence electrons. The molecule has 2 rings (SSSR count). The van der Waals surface area contributed by atoms with E-state index in [1.807, 2.05) is 43.1 Å². The first-order valence-electron chi connectivity index (χ1n) is 8.22. The Bertz CT molecular complexity index is 732. The van der Waals surface area contributed by atoms with Crippen molar-refractivity contribution in [2.45, 2.75) is 39.8 Å². The number of hydrogen-bond acceptors (Lipinski definition) is 4. The van der Waals surface area contributed by atoms with Crippen LogP contribution < -0.4 is 10.3 Å². The molecule has 0 atom stereocenters. The number of rotatable bonds is 6.